The Balaban J connectivity index is 1.28. The molecule has 0 radical (unpaired) electrons. The molecule has 0 aliphatic carbocycles. The number of hydrogen-bond donors (Lipinski definition) is 1. The highest BCUT2D eigenvalue weighted by atomic mass is 19.2. The van der Waals surface area contributed by atoms with Gasteiger partial charge in [0.2, 0.25) is 0 Å². The van der Waals surface area contributed by atoms with E-state index in [1.54, 1.807) is 25.3 Å². The molecule has 8 heteroatoms. The van der Waals surface area contributed by atoms with Crippen molar-refractivity contribution in [2.45, 2.75) is 19.8 Å². The molecule has 1 saturated heterocycles. The molecule has 0 spiro atoms. The lowest BCUT2D eigenvalue weighted by Crippen LogP contribution is -2.47. The van der Waals surface area contributed by atoms with Gasteiger partial charge in [0.1, 0.15) is 11.6 Å². The molecule has 3 heterocycles. The maximum atomic E-state index is 13.9. The number of imidazole rings is 1. The maximum absolute atomic E-state index is 13.9. The van der Waals surface area contributed by atoms with Crippen molar-refractivity contribution in [1.29, 1.82) is 0 Å². The summed E-state index contributed by atoms with van der Waals surface area (Å²) in [6, 6.07) is 7.76. The quantitative estimate of drug-likeness (QED) is 0.498. The average Bonchev–Trinajstić information content (AvgIpc) is 3.22. The summed E-state index contributed by atoms with van der Waals surface area (Å²) in [4.78, 5) is 16.6. The van der Waals surface area contributed by atoms with Crippen molar-refractivity contribution in [1.82, 2.24) is 19.9 Å². The normalized spacial score (nSPS) is 16.2. The number of pyridine rings is 1. The van der Waals surface area contributed by atoms with Gasteiger partial charge in [-0.15, -0.1) is 0 Å². The zero-order chi connectivity index (χ0) is 22.4. The number of piperazine rings is 1. The molecule has 1 aliphatic rings. The molecule has 5 rings (SSSR count). The number of H-pyrrole nitrogens is 1. The Kier molecular flexibility index (Phi) is 5.25. The molecule has 5 nitrogen and oxygen atoms in total. The smallest absolute Gasteiger partial charge is 0.163 e. The molecule has 0 unspecified atom stereocenters. The van der Waals surface area contributed by atoms with Crippen molar-refractivity contribution in [3.05, 3.63) is 65.4 Å². The second kappa shape index (κ2) is 8.09. The van der Waals surface area contributed by atoms with Gasteiger partial charge >= 0.3 is 0 Å². The summed E-state index contributed by atoms with van der Waals surface area (Å²) in [5.41, 5.74) is 3.03. The van der Waals surface area contributed by atoms with Crippen LogP contribution in [0.1, 0.15) is 24.2 Å². The van der Waals surface area contributed by atoms with Crippen molar-refractivity contribution in [3.63, 3.8) is 0 Å². The first-order valence-electron chi connectivity index (χ1n) is 10.8. The predicted molar refractivity (Wildman–Crippen MR) is 120 cm³/mol. The van der Waals surface area contributed by atoms with E-state index in [2.05, 4.69) is 31.7 Å². The molecule has 0 saturated carbocycles. The Morgan fingerprint density at radius 1 is 1.03 bits per heavy atom. The molecule has 1 aliphatic heterocycles. The van der Waals surface area contributed by atoms with Crippen molar-refractivity contribution in [3.8, 4) is 0 Å². The first kappa shape index (κ1) is 20.8. The topological polar surface area (TPSA) is 48.1 Å². The first-order chi connectivity index (χ1) is 15.4. The monoisotopic (exact) mass is 439 g/mol. The van der Waals surface area contributed by atoms with Gasteiger partial charge in [0, 0.05) is 67.5 Å². The third-order valence-electron chi connectivity index (χ3n) is 6.32. The fourth-order valence-corrected chi connectivity index (χ4v) is 4.53. The Hall–Kier alpha value is -3.13. The second-order valence-corrected chi connectivity index (χ2v) is 8.49. The molecule has 0 amide bonds. The minimum Gasteiger partial charge on any atom is -0.368 e. The number of rotatable bonds is 4. The van der Waals surface area contributed by atoms with Crippen LogP contribution in [0.3, 0.4) is 0 Å². The molecule has 4 aromatic rings. The number of nitrogens with one attached hydrogen (secondary N) is 1. The predicted octanol–water partition coefficient (Wildman–Crippen LogP) is 4.76. The lowest BCUT2D eigenvalue weighted by Gasteiger charge is -2.37. The average molecular weight is 439 g/mol. The molecule has 1 atom stereocenters. The van der Waals surface area contributed by atoms with Gasteiger partial charge in [-0.1, -0.05) is 6.92 Å². The van der Waals surface area contributed by atoms with Gasteiger partial charge < -0.3 is 9.88 Å². The van der Waals surface area contributed by atoms with E-state index in [4.69, 9.17) is 0 Å². The van der Waals surface area contributed by atoms with E-state index in [0.29, 0.717) is 11.0 Å². The molecule has 2 aromatic carbocycles. The largest absolute Gasteiger partial charge is 0.368 e. The van der Waals surface area contributed by atoms with E-state index < -0.39 is 11.6 Å². The number of aryl methyl sites for hydroxylation is 1. The number of halogens is 3. The summed E-state index contributed by atoms with van der Waals surface area (Å²) < 4.78 is 41.4. The SMILES string of the molecule is Cc1c(F)c(F)cc2nc([C@H](C)CN3CCN(c4ccnc5ccc(F)cc45)CC3)[nH]c12. The number of aromatic amines is 1. The Bertz CT molecular complexity index is 1290. The molecule has 0 bridgehead atoms. The first-order valence-corrected chi connectivity index (χ1v) is 10.8. The second-order valence-electron chi connectivity index (χ2n) is 8.49. The Morgan fingerprint density at radius 3 is 2.59 bits per heavy atom. The summed E-state index contributed by atoms with van der Waals surface area (Å²) in [6.07, 6.45) is 1.76. The fourth-order valence-electron chi connectivity index (χ4n) is 4.53. The van der Waals surface area contributed by atoms with Crippen LogP contribution in [-0.2, 0) is 0 Å². The van der Waals surface area contributed by atoms with Crippen molar-refractivity contribution >= 4 is 27.6 Å². The van der Waals surface area contributed by atoms with Crippen LogP contribution in [0.5, 0.6) is 0 Å². The number of benzene rings is 2. The molecule has 2 aromatic heterocycles. The van der Waals surface area contributed by atoms with Crippen LogP contribution in [0.15, 0.2) is 36.5 Å². The van der Waals surface area contributed by atoms with Crippen LogP contribution in [0.25, 0.3) is 21.9 Å². The Morgan fingerprint density at radius 2 is 1.81 bits per heavy atom. The highest BCUT2D eigenvalue weighted by Gasteiger charge is 2.23. The fraction of sp³-hybridized carbons (Fsp3) is 0.333. The van der Waals surface area contributed by atoms with Crippen molar-refractivity contribution in [2.75, 3.05) is 37.6 Å². The Labute approximate surface area is 183 Å². The zero-order valence-electron chi connectivity index (χ0n) is 18.0. The standard InChI is InChI=1S/C24H24F3N5/c1-14(24-29-20-12-18(26)22(27)15(2)23(20)30-24)13-31-7-9-32(10-8-31)21-5-6-28-19-4-3-16(25)11-17(19)21/h3-6,11-12,14H,7-10,13H2,1-2H3,(H,29,30)/t14-/m1/s1. The minimum atomic E-state index is -0.875. The molecular weight excluding hydrogens is 415 g/mol. The van der Waals surface area contributed by atoms with Crippen LogP contribution in [-0.4, -0.2) is 52.6 Å². The molecule has 32 heavy (non-hydrogen) atoms. The zero-order valence-corrected chi connectivity index (χ0v) is 18.0. The summed E-state index contributed by atoms with van der Waals surface area (Å²) in [5, 5.41) is 0.825. The molecule has 1 fully saturated rings. The van der Waals surface area contributed by atoms with Crippen LogP contribution in [0, 0.1) is 24.4 Å². The minimum absolute atomic E-state index is 0.0790. The number of anilines is 1. The number of fused-ring (bicyclic) bond motifs is 2. The maximum Gasteiger partial charge on any atom is 0.163 e. The third-order valence-corrected chi connectivity index (χ3v) is 6.32. The molecule has 1 N–H and O–H groups in total. The third kappa shape index (κ3) is 3.68. The van der Waals surface area contributed by atoms with Crippen LogP contribution >= 0.6 is 0 Å². The van der Waals surface area contributed by atoms with E-state index in [1.165, 1.54) is 6.07 Å². The van der Waals surface area contributed by atoms with E-state index in [9.17, 15) is 13.2 Å². The van der Waals surface area contributed by atoms with Gasteiger partial charge in [0.05, 0.1) is 16.6 Å². The summed E-state index contributed by atoms with van der Waals surface area (Å²) in [5.74, 6) is -1.16. The van der Waals surface area contributed by atoms with E-state index in [1.807, 2.05) is 6.07 Å². The van der Waals surface area contributed by atoms with Crippen molar-refractivity contribution in [2.24, 2.45) is 0 Å². The summed E-state index contributed by atoms with van der Waals surface area (Å²) >= 11 is 0. The molecule has 166 valence electrons. The number of hydrogen-bond acceptors (Lipinski definition) is 4. The van der Waals surface area contributed by atoms with E-state index >= 15 is 0 Å². The van der Waals surface area contributed by atoms with Crippen molar-refractivity contribution < 1.29 is 13.2 Å². The van der Waals surface area contributed by atoms with Crippen LogP contribution in [0.2, 0.25) is 0 Å². The van der Waals surface area contributed by atoms with Gasteiger partial charge in [-0.3, -0.25) is 9.88 Å². The molecular formula is C24H24F3N5. The van der Waals surface area contributed by atoms with E-state index in [0.717, 1.165) is 61.2 Å². The number of aromatic nitrogens is 3. The van der Waals surface area contributed by atoms with Gasteiger partial charge in [0.15, 0.2) is 11.6 Å². The summed E-state index contributed by atoms with van der Waals surface area (Å²) in [7, 11) is 0. The number of nitrogens with zero attached hydrogens (tertiary/aromatic N) is 4. The van der Waals surface area contributed by atoms with Gasteiger partial charge in [0.25, 0.3) is 0 Å². The van der Waals surface area contributed by atoms with Gasteiger partial charge in [-0.25, -0.2) is 18.2 Å². The van der Waals surface area contributed by atoms with Gasteiger partial charge in [-0.2, -0.15) is 0 Å². The lowest BCUT2D eigenvalue weighted by atomic mass is 10.1. The van der Waals surface area contributed by atoms with Crippen LogP contribution < -0.4 is 4.90 Å². The van der Waals surface area contributed by atoms with Gasteiger partial charge in [-0.05, 0) is 31.2 Å². The lowest BCUT2D eigenvalue weighted by molar-refractivity contribution is 0.244. The highest BCUT2D eigenvalue weighted by molar-refractivity contribution is 5.91. The van der Waals surface area contributed by atoms with E-state index in [-0.39, 0.29) is 17.3 Å². The highest BCUT2D eigenvalue weighted by Crippen LogP contribution is 2.28. The van der Waals surface area contributed by atoms with Crippen LogP contribution in [0.4, 0.5) is 18.9 Å². The summed E-state index contributed by atoms with van der Waals surface area (Å²) in [6.45, 7) is 7.74.